The van der Waals surface area contributed by atoms with E-state index in [9.17, 15) is 13.2 Å². The number of hydrogen-bond donors (Lipinski definition) is 1. The summed E-state index contributed by atoms with van der Waals surface area (Å²) >= 11 is 0. The van der Waals surface area contributed by atoms with E-state index >= 15 is 0 Å². The van der Waals surface area contributed by atoms with Crippen molar-refractivity contribution in [3.63, 3.8) is 0 Å². The first-order chi connectivity index (χ1) is 7.68. The van der Waals surface area contributed by atoms with Gasteiger partial charge in [0.1, 0.15) is 0 Å². The third-order valence-corrected chi connectivity index (χ3v) is 2.73. The summed E-state index contributed by atoms with van der Waals surface area (Å²) in [6, 6.07) is 5.39. The monoisotopic (exact) mass is 245 g/mol. The summed E-state index contributed by atoms with van der Waals surface area (Å²) in [6.45, 7) is 5.75. The molecule has 0 spiro atoms. The van der Waals surface area contributed by atoms with Gasteiger partial charge in [0.25, 0.3) is 0 Å². The number of rotatable bonds is 2. The minimum atomic E-state index is -4.31. The van der Waals surface area contributed by atoms with E-state index in [1.54, 1.807) is 13.1 Å². The van der Waals surface area contributed by atoms with Gasteiger partial charge < -0.3 is 5.32 Å². The van der Waals surface area contributed by atoms with E-state index in [1.165, 1.54) is 12.1 Å². The molecule has 4 heteroatoms. The molecule has 1 rings (SSSR count). The molecule has 17 heavy (non-hydrogen) atoms. The van der Waals surface area contributed by atoms with Gasteiger partial charge >= 0.3 is 6.18 Å². The van der Waals surface area contributed by atoms with E-state index in [0.29, 0.717) is 5.56 Å². The van der Waals surface area contributed by atoms with Crippen molar-refractivity contribution < 1.29 is 13.2 Å². The van der Waals surface area contributed by atoms with Crippen molar-refractivity contribution in [1.29, 1.82) is 0 Å². The zero-order valence-corrected chi connectivity index (χ0v) is 10.5. The van der Waals surface area contributed by atoms with Gasteiger partial charge in [-0.1, -0.05) is 39.0 Å². The summed E-state index contributed by atoms with van der Waals surface area (Å²) in [5.41, 5.74) is -0.542. The van der Waals surface area contributed by atoms with Gasteiger partial charge in [0.05, 0.1) is 5.56 Å². The van der Waals surface area contributed by atoms with Crippen LogP contribution in [0.2, 0.25) is 0 Å². The molecule has 0 amide bonds. The lowest BCUT2D eigenvalue weighted by Gasteiger charge is -2.32. The van der Waals surface area contributed by atoms with E-state index in [-0.39, 0.29) is 11.5 Å². The molecule has 1 atom stereocenters. The maximum Gasteiger partial charge on any atom is 0.416 e. The molecule has 1 unspecified atom stereocenters. The topological polar surface area (TPSA) is 12.0 Å². The Kier molecular flexibility index (Phi) is 3.87. The summed E-state index contributed by atoms with van der Waals surface area (Å²) in [6.07, 6.45) is -4.31. The van der Waals surface area contributed by atoms with E-state index in [2.05, 4.69) is 5.32 Å². The van der Waals surface area contributed by atoms with Crippen LogP contribution in [-0.2, 0) is 6.18 Å². The molecule has 0 saturated carbocycles. The van der Waals surface area contributed by atoms with Crippen molar-refractivity contribution in [3.05, 3.63) is 35.4 Å². The van der Waals surface area contributed by atoms with Crippen LogP contribution in [0.25, 0.3) is 0 Å². The minimum Gasteiger partial charge on any atom is -0.313 e. The third kappa shape index (κ3) is 3.22. The number of halogens is 3. The zero-order chi connectivity index (χ0) is 13.3. The normalized spacial score (nSPS) is 14.8. The number of alkyl halides is 3. The fourth-order valence-corrected chi connectivity index (χ4v) is 2.06. The van der Waals surface area contributed by atoms with Crippen molar-refractivity contribution in [1.82, 2.24) is 5.32 Å². The van der Waals surface area contributed by atoms with Crippen molar-refractivity contribution in [2.24, 2.45) is 5.41 Å². The van der Waals surface area contributed by atoms with Gasteiger partial charge in [-0.25, -0.2) is 0 Å². The van der Waals surface area contributed by atoms with Crippen molar-refractivity contribution >= 4 is 0 Å². The molecule has 0 fully saturated rings. The minimum absolute atomic E-state index is 0.282. The lowest BCUT2D eigenvalue weighted by Crippen LogP contribution is -2.31. The van der Waals surface area contributed by atoms with Crippen LogP contribution >= 0.6 is 0 Å². The Balaban J connectivity index is 3.30. The Bertz CT molecular complexity index is 377. The van der Waals surface area contributed by atoms with Crippen molar-refractivity contribution in [3.8, 4) is 0 Å². The fraction of sp³-hybridized carbons (Fsp3) is 0.538. The Hall–Kier alpha value is -1.03. The molecule has 1 N–H and O–H groups in total. The summed E-state index contributed by atoms with van der Waals surface area (Å²) < 4.78 is 38.7. The molecular formula is C13H18F3N. The summed E-state index contributed by atoms with van der Waals surface area (Å²) in [5.74, 6) is 0. The predicted molar refractivity (Wildman–Crippen MR) is 62.7 cm³/mol. The van der Waals surface area contributed by atoms with Crippen LogP contribution in [0.15, 0.2) is 24.3 Å². The van der Waals surface area contributed by atoms with E-state index in [4.69, 9.17) is 0 Å². The van der Waals surface area contributed by atoms with Gasteiger partial charge in [-0.15, -0.1) is 0 Å². The van der Waals surface area contributed by atoms with Crippen molar-refractivity contribution in [2.75, 3.05) is 7.05 Å². The summed E-state index contributed by atoms with van der Waals surface area (Å²) in [7, 11) is 1.68. The maximum absolute atomic E-state index is 12.9. The molecule has 96 valence electrons. The lowest BCUT2D eigenvalue weighted by molar-refractivity contribution is -0.138. The molecule has 0 radical (unpaired) electrons. The zero-order valence-electron chi connectivity index (χ0n) is 10.5. The van der Waals surface area contributed by atoms with E-state index in [0.717, 1.165) is 6.07 Å². The molecule has 0 aromatic heterocycles. The van der Waals surface area contributed by atoms with E-state index < -0.39 is 11.7 Å². The molecule has 0 bridgehead atoms. The first kappa shape index (κ1) is 14.0. The number of hydrogen-bond acceptors (Lipinski definition) is 1. The second kappa shape index (κ2) is 4.69. The second-order valence-electron chi connectivity index (χ2n) is 5.17. The average Bonchev–Trinajstić information content (AvgIpc) is 2.15. The highest BCUT2D eigenvalue weighted by Gasteiger charge is 2.37. The Labute approximate surface area is 100 Å². The molecule has 0 aliphatic heterocycles. The van der Waals surface area contributed by atoms with Crippen LogP contribution in [0.3, 0.4) is 0 Å². The van der Waals surface area contributed by atoms with Crippen LogP contribution in [0.4, 0.5) is 13.2 Å². The van der Waals surface area contributed by atoms with Gasteiger partial charge in [0.15, 0.2) is 0 Å². The SMILES string of the molecule is CNC(c1ccccc1C(F)(F)F)C(C)(C)C. The smallest absolute Gasteiger partial charge is 0.313 e. The van der Waals surface area contributed by atoms with Gasteiger partial charge in [0, 0.05) is 6.04 Å². The fourth-order valence-electron chi connectivity index (χ4n) is 2.06. The number of benzene rings is 1. The van der Waals surface area contributed by atoms with Crippen LogP contribution in [0.1, 0.15) is 37.9 Å². The van der Waals surface area contributed by atoms with Gasteiger partial charge in [0.2, 0.25) is 0 Å². The van der Waals surface area contributed by atoms with Crippen LogP contribution in [0, 0.1) is 5.41 Å². The molecule has 0 aliphatic rings. The van der Waals surface area contributed by atoms with Crippen molar-refractivity contribution in [2.45, 2.75) is 33.0 Å². The highest BCUT2D eigenvalue weighted by atomic mass is 19.4. The molecule has 0 heterocycles. The highest BCUT2D eigenvalue weighted by Crippen LogP contribution is 2.40. The number of nitrogens with one attached hydrogen (secondary N) is 1. The molecule has 1 aromatic carbocycles. The summed E-state index contributed by atoms with van der Waals surface area (Å²) in [4.78, 5) is 0. The lowest BCUT2D eigenvalue weighted by atomic mass is 9.80. The molecule has 1 aromatic rings. The average molecular weight is 245 g/mol. The second-order valence-corrected chi connectivity index (χ2v) is 5.17. The Morgan fingerprint density at radius 2 is 1.59 bits per heavy atom. The van der Waals surface area contributed by atoms with Crippen LogP contribution in [0.5, 0.6) is 0 Å². The maximum atomic E-state index is 12.9. The molecule has 0 aliphatic carbocycles. The first-order valence-corrected chi connectivity index (χ1v) is 5.51. The van der Waals surface area contributed by atoms with E-state index in [1.807, 2.05) is 20.8 Å². The van der Waals surface area contributed by atoms with Crippen LogP contribution < -0.4 is 5.32 Å². The third-order valence-electron chi connectivity index (χ3n) is 2.73. The highest BCUT2D eigenvalue weighted by molar-refractivity contribution is 5.33. The Morgan fingerprint density at radius 1 is 1.06 bits per heavy atom. The molecule has 0 saturated heterocycles. The summed E-state index contributed by atoms with van der Waals surface area (Å²) in [5, 5.41) is 2.97. The van der Waals surface area contributed by atoms with Gasteiger partial charge in [-0.05, 0) is 24.1 Å². The standard InChI is InChI=1S/C13H18F3N/c1-12(2,3)11(17-4)9-7-5-6-8-10(9)13(14,15)16/h5-8,11,17H,1-4H3. The predicted octanol–water partition coefficient (Wildman–Crippen LogP) is 4.01. The molecule has 1 nitrogen and oxygen atoms in total. The van der Waals surface area contributed by atoms with Gasteiger partial charge in [-0.2, -0.15) is 13.2 Å². The molecular weight excluding hydrogens is 227 g/mol. The van der Waals surface area contributed by atoms with Gasteiger partial charge in [-0.3, -0.25) is 0 Å². The Morgan fingerprint density at radius 3 is 2.00 bits per heavy atom. The largest absolute Gasteiger partial charge is 0.416 e. The quantitative estimate of drug-likeness (QED) is 0.830. The van der Waals surface area contributed by atoms with Crippen LogP contribution in [-0.4, -0.2) is 7.05 Å². The first-order valence-electron chi connectivity index (χ1n) is 5.51.